The molecule has 0 aliphatic carbocycles. The molecule has 0 bridgehead atoms. The third-order valence-electron chi connectivity index (χ3n) is 5.61. The molecule has 0 atom stereocenters. The Balaban J connectivity index is 1.74. The second kappa shape index (κ2) is 10.1. The third-order valence-corrected chi connectivity index (χ3v) is 5.61. The van der Waals surface area contributed by atoms with Gasteiger partial charge < -0.3 is 14.4 Å². The summed E-state index contributed by atoms with van der Waals surface area (Å²) in [6.07, 6.45) is 0. The molecule has 0 N–H and O–H groups in total. The molecule has 0 aromatic heterocycles. The van der Waals surface area contributed by atoms with Gasteiger partial charge in [0.2, 0.25) is 0 Å². The van der Waals surface area contributed by atoms with Gasteiger partial charge in [0.1, 0.15) is 5.75 Å². The monoisotopic (exact) mass is 410 g/mol. The first kappa shape index (κ1) is 22.3. The number of carbonyl (C=O) groups is 1. The zero-order valence-electron chi connectivity index (χ0n) is 18.7. The lowest BCUT2D eigenvalue weighted by Gasteiger charge is -2.30. The lowest BCUT2D eigenvalue weighted by atomic mass is 9.86. The van der Waals surface area contributed by atoms with Crippen LogP contribution in [0.15, 0.2) is 48.5 Å². The van der Waals surface area contributed by atoms with E-state index in [4.69, 9.17) is 9.47 Å². The molecule has 1 fully saturated rings. The molecule has 30 heavy (non-hydrogen) atoms. The van der Waals surface area contributed by atoms with E-state index in [1.54, 1.807) is 7.11 Å². The summed E-state index contributed by atoms with van der Waals surface area (Å²) in [5.41, 5.74) is 3.13. The molecule has 2 aromatic carbocycles. The standard InChI is InChI=1S/C25H34N2O3/c1-25(2,3)22-9-7-21(8-10-22)24(28)27(14-13-26-15-17-30-18-16-26)19-20-5-11-23(29-4)12-6-20/h5-12H,13-19H2,1-4H3. The van der Waals surface area contributed by atoms with Crippen molar-refractivity contribution in [3.63, 3.8) is 0 Å². The first-order chi connectivity index (χ1) is 14.4. The van der Waals surface area contributed by atoms with Crippen molar-refractivity contribution in [3.8, 4) is 5.75 Å². The number of rotatable bonds is 7. The molecule has 1 heterocycles. The van der Waals surface area contributed by atoms with Crippen LogP contribution in [0.4, 0.5) is 0 Å². The summed E-state index contributed by atoms with van der Waals surface area (Å²) in [6, 6.07) is 16.0. The van der Waals surface area contributed by atoms with Crippen LogP contribution < -0.4 is 4.74 Å². The highest BCUT2D eigenvalue weighted by molar-refractivity contribution is 5.94. The topological polar surface area (TPSA) is 42.0 Å². The molecule has 0 unspecified atom stereocenters. The van der Waals surface area contributed by atoms with Crippen LogP contribution in [0.1, 0.15) is 42.3 Å². The van der Waals surface area contributed by atoms with Gasteiger partial charge in [0.25, 0.3) is 5.91 Å². The predicted molar refractivity (Wildman–Crippen MR) is 120 cm³/mol. The van der Waals surface area contributed by atoms with E-state index in [1.165, 1.54) is 5.56 Å². The number of benzene rings is 2. The summed E-state index contributed by atoms with van der Waals surface area (Å²) in [7, 11) is 1.66. The summed E-state index contributed by atoms with van der Waals surface area (Å²) in [5.74, 6) is 0.891. The molecule has 3 rings (SSSR count). The molecule has 0 radical (unpaired) electrons. The van der Waals surface area contributed by atoms with Gasteiger partial charge in [0.05, 0.1) is 20.3 Å². The number of methoxy groups -OCH3 is 1. The Labute approximate surface area is 180 Å². The van der Waals surface area contributed by atoms with Gasteiger partial charge in [0, 0.05) is 38.3 Å². The second-order valence-corrected chi connectivity index (χ2v) is 8.86. The summed E-state index contributed by atoms with van der Waals surface area (Å²) >= 11 is 0. The van der Waals surface area contributed by atoms with Crippen LogP contribution in [0.25, 0.3) is 0 Å². The average molecular weight is 411 g/mol. The highest BCUT2D eigenvalue weighted by atomic mass is 16.5. The molecule has 162 valence electrons. The lowest BCUT2D eigenvalue weighted by molar-refractivity contribution is 0.0320. The van der Waals surface area contributed by atoms with Crippen LogP contribution in [0.5, 0.6) is 5.75 Å². The minimum atomic E-state index is 0.0690. The van der Waals surface area contributed by atoms with Crippen molar-refractivity contribution < 1.29 is 14.3 Å². The van der Waals surface area contributed by atoms with Crippen molar-refractivity contribution in [1.82, 2.24) is 9.80 Å². The number of carbonyl (C=O) groups excluding carboxylic acids is 1. The fourth-order valence-corrected chi connectivity index (χ4v) is 3.59. The van der Waals surface area contributed by atoms with Crippen molar-refractivity contribution in [2.24, 2.45) is 0 Å². The van der Waals surface area contributed by atoms with E-state index < -0.39 is 0 Å². The van der Waals surface area contributed by atoms with Crippen LogP contribution in [0, 0.1) is 0 Å². The number of nitrogens with zero attached hydrogens (tertiary/aromatic N) is 2. The van der Waals surface area contributed by atoms with Gasteiger partial charge in [-0.3, -0.25) is 9.69 Å². The van der Waals surface area contributed by atoms with Gasteiger partial charge in [-0.1, -0.05) is 45.0 Å². The zero-order chi connectivity index (χ0) is 21.6. The Kier molecular flexibility index (Phi) is 7.51. The minimum Gasteiger partial charge on any atom is -0.497 e. The molecule has 5 nitrogen and oxygen atoms in total. The van der Waals surface area contributed by atoms with E-state index in [-0.39, 0.29) is 11.3 Å². The predicted octanol–water partition coefficient (Wildman–Crippen LogP) is 3.97. The Hall–Kier alpha value is -2.37. The highest BCUT2D eigenvalue weighted by Gasteiger charge is 2.20. The normalized spacial score (nSPS) is 15.1. The Morgan fingerprint density at radius 2 is 1.67 bits per heavy atom. The SMILES string of the molecule is COc1ccc(CN(CCN2CCOCC2)C(=O)c2ccc(C(C)(C)C)cc2)cc1. The molecule has 1 saturated heterocycles. The molecular weight excluding hydrogens is 376 g/mol. The van der Waals surface area contributed by atoms with E-state index in [2.05, 4.69) is 37.8 Å². The highest BCUT2D eigenvalue weighted by Crippen LogP contribution is 2.23. The van der Waals surface area contributed by atoms with Crippen LogP contribution in [-0.4, -0.2) is 62.2 Å². The van der Waals surface area contributed by atoms with Crippen molar-refractivity contribution in [1.29, 1.82) is 0 Å². The summed E-state index contributed by atoms with van der Waals surface area (Å²) < 4.78 is 10.7. The molecule has 5 heteroatoms. The third kappa shape index (κ3) is 6.07. The number of morpholine rings is 1. The minimum absolute atomic E-state index is 0.0690. The molecule has 2 aromatic rings. The van der Waals surface area contributed by atoms with E-state index in [0.717, 1.165) is 49.7 Å². The first-order valence-corrected chi connectivity index (χ1v) is 10.7. The van der Waals surface area contributed by atoms with Crippen molar-refractivity contribution >= 4 is 5.91 Å². The van der Waals surface area contributed by atoms with Crippen molar-refractivity contribution in [2.75, 3.05) is 46.5 Å². The van der Waals surface area contributed by atoms with E-state index in [1.807, 2.05) is 41.3 Å². The summed E-state index contributed by atoms with van der Waals surface area (Å²) in [6.45, 7) is 12.0. The Bertz CT molecular complexity index is 804. The smallest absolute Gasteiger partial charge is 0.254 e. The molecule has 0 saturated carbocycles. The van der Waals surface area contributed by atoms with Crippen LogP contribution in [0.2, 0.25) is 0 Å². The fourth-order valence-electron chi connectivity index (χ4n) is 3.59. The van der Waals surface area contributed by atoms with Crippen molar-refractivity contribution in [3.05, 3.63) is 65.2 Å². The van der Waals surface area contributed by atoms with Gasteiger partial charge in [0.15, 0.2) is 0 Å². The molecular formula is C25H34N2O3. The lowest BCUT2D eigenvalue weighted by Crippen LogP contribution is -2.42. The van der Waals surface area contributed by atoms with Gasteiger partial charge in [-0.25, -0.2) is 0 Å². The van der Waals surface area contributed by atoms with Crippen LogP contribution >= 0.6 is 0 Å². The van der Waals surface area contributed by atoms with Gasteiger partial charge in [-0.05, 0) is 40.8 Å². The number of amides is 1. The average Bonchev–Trinajstić information content (AvgIpc) is 2.77. The maximum absolute atomic E-state index is 13.4. The first-order valence-electron chi connectivity index (χ1n) is 10.7. The van der Waals surface area contributed by atoms with Gasteiger partial charge in [-0.2, -0.15) is 0 Å². The second-order valence-electron chi connectivity index (χ2n) is 8.86. The van der Waals surface area contributed by atoms with Gasteiger partial charge in [-0.15, -0.1) is 0 Å². The number of hydrogen-bond donors (Lipinski definition) is 0. The number of ether oxygens (including phenoxy) is 2. The van der Waals surface area contributed by atoms with Crippen molar-refractivity contribution in [2.45, 2.75) is 32.7 Å². The van der Waals surface area contributed by atoms with Crippen LogP contribution in [0.3, 0.4) is 0 Å². The maximum atomic E-state index is 13.4. The quantitative estimate of drug-likeness (QED) is 0.693. The maximum Gasteiger partial charge on any atom is 0.254 e. The molecule has 1 amide bonds. The van der Waals surface area contributed by atoms with E-state index in [9.17, 15) is 4.79 Å². The largest absolute Gasteiger partial charge is 0.497 e. The van der Waals surface area contributed by atoms with Crippen LogP contribution in [-0.2, 0) is 16.7 Å². The van der Waals surface area contributed by atoms with E-state index >= 15 is 0 Å². The Morgan fingerprint density at radius 1 is 1.03 bits per heavy atom. The summed E-state index contributed by atoms with van der Waals surface area (Å²) in [5, 5.41) is 0. The number of hydrogen-bond acceptors (Lipinski definition) is 4. The molecule has 1 aliphatic rings. The molecule has 1 aliphatic heterocycles. The summed E-state index contributed by atoms with van der Waals surface area (Å²) in [4.78, 5) is 17.7. The van der Waals surface area contributed by atoms with Gasteiger partial charge >= 0.3 is 0 Å². The van der Waals surface area contributed by atoms with E-state index in [0.29, 0.717) is 13.1 Å². The molecule has 0 spiro atoms. The Morgan fingerprint density at radius 3 is 2.23 bits per heavy atom. The fraction of sp³-hybridized carbons (Fsp3) is 0.480. The zero-order valence-corrected chi connectivity index (χ0v) is 18.7.